The number of aliphatic hydroxyl groups is 1. The Morgan fingerprint density at radius 3 is 2.60 bits per heavy atom. The van der Waals surface area contributed by atoms with Gasteiger partial charge in [0.05, 0.1) is 18.5 Å². The Balaban J connectivity index is 1.97. The SMILES string of the molecule is C[C@@]12Cc3ccccc3CC1[C@@H](O)C[C@@H]2OS(C)(=O)=O. The summed E-state index contributed by atoms with van der Waals surface area (Å²) < 4.78 is 28.2. The van der Waals surface area contributed by atoms with E-state index in [1.165, 1.54) is 11.1 Å². The lowest BCUT2D eigenvalue weighted by atomic mass is 9.66. The van der Waals surface area contributed by atoms with Crippen molar-refractivity contribution in [2.45, 2.75) is 38.4 Å². The Labute approximate surface area is 119 Å². The van der Waals surface area contributed by atoms with Crippen LogP contribution in [0.2, 0.25) is 0 Å². The van der Waals surface area contributed by atoms with Gasteiger partial charge in [0.2, 0.25) is 0 Å². The molecule has 1 unspecified atom stereocenters. The summed E-state index contributed by atoms with van der Waals surface area (Å²) >= 11 is 0. The van der Waals surface area contributed by atoms with Crippen LogP contribution >= 0.6 is 0 Å². The number of aliphatic hydroxyl groups excluding tert-OH is 1. The highest BCUT2D eigenvalue weighted by molar-refractivity contribution is 7.86. The van der Waals surface area contributed by atoms with Crippen molar-refractivity contribution < 1.29 is 17.7 Å². The second-order valence-electron chi connectivity index (χ2n) is 6.35. The first kappa shape index (κ1) is 14.0. The number of fused-ring (bicyclic) bond motifs is 2. The zero-order valence-corrected chi connectivity index (χ0v) is 12.6. The van der Waals surface area contributed by atoms with Gasteiger partial charge in [0.15, 0.2) is 0 Å². The van der Waals surface area contributed by atoms with Gasteiger partial charge in [-0.1, -0.05) is 31.2 Å². The normalized spacial score (nSPS) is 36.5. The van der Waals surface area contributed by atoms with Crippen molar-refractivity contribution in [3.8, 4) is 0 Å². The lowest BCUT2D eigenvalue weighted by Crippen LogP contribution is -2.42. The second-order valence-corrected chi connectivity index (χ2v) is 7.95. The third kappa shape index (κ3) is 2.28. The van der Waals surface area contributed by atoms with E-state index in [0.717, 1.165) is 19.1 Å². The summed E-state index contributed by atoms with van der Waals surface area (Å²) in [6.45, 7) is 2.04. The Hall–Kier alpha value is -0.910. The zero-order valence-electron chi connectivity index (χ0n) is 11.7. The third-order valence-electron chi connectivity index (χ3n) is 4.92. The molecule has 1 N–H and O–H groups in total. The summed E-state index contributed by atoms with van der Waals surface area (Å²) in [5, 5.41) is 10.3. The van der Waals surface area contributed by atoms with E-state index in [4.69, 9.17) is 4.18 Å². The molecular formula is C15H20O4S. The summed E-state index contributed by atoms with van der Waals surface area (Å²) in [7, 11) is -3.51. The molecule has 0 saturated heterocycles. The number of benzene rings is 1. The Morgan fingerprint density at radius 2 is 1.95 bits per heavy atom. The van der Waals surface area contributed by atoms with Crippen molar-refractivity contribution in [3.63, 3.8) is 0 Å². The average molecular weight is 296 g/mol. The Kier molecular flexibility index (Phi) is 3.19. The van der Waals surface area contributed by atoms with Crippen molar-refractivity contribution in [3.05, 3.63) is 35.4 Å². The first-order chi connectivity index (χ1) is 9.29. The fraction of sp³-hybridized carbons (Fsp3) is 0.600. The number of hydrogen-bond donors (Lipinski definition) is 1. The lowest BCUT2D eigenvalue weighted by Gasteiger charge is -2.41. The van der Waals surface area contributed by atoms with Gasteiger partial charge in [0.25, 0.3) is 10.1 Å². The summed E-state index contributed by atoms with van der Waals surface area (Å²) in [6, 6.07) is 8.18. The molecule has 2 aliphatic carbocycles. The van der Waals surface area contributed by atoms with Crippen molar-refractivity contribution in [2.24, 2.45) is 11.3 Å². The van der Waals surface area contributed by atoms with E-state index in [-0.39, 0.29) is 11.3 Å². The van der Waals surface area contributed by atoms with Gasteiger partial charge in [-0.15, -0.1) is 0 Å². The van der Waals surface area contributed by atoms with Gasteiger partial charge in [-0.3, -0.25) is 4.18 Å². The maximum Gasteiger partial charge on any atom is 0.264 e. The van der Waals surface area contributed by atoms with E-state index in [1.807, 2.05) is 19.1 Å². The first-order valence-corrected chi connectivity index (χ1v) is 8.74. The second kappa shape index (κ2) is 4.55. The minimum Gasteiger partial charge on any atom is -0.393 e. The quantitative estimate of drug-likeness (QED) is 0.840. The van der Waals surface area contributed by atoms with E-state index in [0.29, 0.717) is 6.42 Å². The molecule has 0 aliphatic heterocycles. The maximum atomic E-state index is 11.5. The highest BCUT2D eigenvalue weighted by Crippen LogP contribution is 2.52. The van der Waals surface area contributed by atoms with Crippen LogP contribution in [-0.2, 0) is 27.1 Å². The van der Waals surface area contributed by atoms with Gasteiger partial charge < -0.3 is 5.11 Å². The van der Waals surface area contributed by atoms with Gasteiger partial charge in [-0.2, -0.15) is 8.42 Å². The molecule has 4 nitrogen and oxygen atoms in total. The number of rotatable bonds is 2. The van der Waals surface area contributed by atoms with Crippen LogP contribution in [0.15, 0.2) is 24.3 Å². The Morgan fingerprint density at radius 1 is 1.30 bits per heavy atom. The standard InChI is InChI=1S/C15H20O4S/c1-15-9-11-6-4-3-5-10(11)7-12(15)13(16)8-14(15)19-20(2,17)18/h3-6,12-14,16H,7-9H2,1-2H3/t12?,13-,14-,15+/m0/s1. The topological polar surface area (TPSA) is 63.6 Å². The molecule has 110 valence electrons. The zero-order chi connectivity index (χ0) is 14.5. The summed E-state index contributed by atoms with van der Waals surface area (Å²) in [4.78, 5) is 0. The van der Waals surface area contributed by atoms with E-state index in [1.54, 1.807) is 0 Å². The molecule has 4 atom stereocenters. The van der Waals surface area contributed by atoms with Gasteiger partial charge in [0.1, 0.15) is 0 Å². The molecule has 1 fully saturated rings. The van der Waals surface area contributed by atoms with Gasteiger partial charge in [0, 0.05) is 11.8 Å². The van der Waals surface area contributed by atoms with Gasteiger partial charge >= 0.3 is 0 Å². The van der Waals surface area contributed by atoms with Crippen LogP contribution in [0.25, 0.3) is 0 Å². The molecular weight excluding hydrogens is 276 g/mol. The minimum absolute atomic E-state index is 0.0594. The molecule has 0 aromatic heterocycles. The van der Waals surface area contributed by atoms with Crippen LogP contribution in [0.5, 0.6) is 0 Å². The first-order valence-electron chi connectivity index (χ1n) is 6.93. The van der Waals surface area contributed by atoms with E-state index >= 15 is 0 Å². The smallest absolute Gasteiger partial charge is 0.264 e. The molecule has 2 aliphatic rings. The predicted molar refractivity (Wildman–Crippen MR) is 75.8 cm³/mol. The molecule has 3 rings (SSSR count). The summed E-state index contributed by atoms with van der Waals surface area (Å²) in [5.74, 6) is 0.0594. The largest absolute Gasteiger partial charge is 0.393 e. The van der Waals surface area contributed by atoms with Crippen molar-refractivity contribution in [1.29, 1.82) is 0 Å². The maximum absolute atomic E-state index is 11.5. The van der Waals surface area contributed by atoms with Crippen molar-refractivity contribution >= 4 is 10.1 Å². The van der Waals surface area contributed by atoms with Crippen molar-refractivity contribution in [1.82, 2.24) is 0 Å². The average Bonchev–Trinajstić information content (AvgIpc) is 2.56. The van der Waals surface area contributed by atoms with Gasteiger partial charge in [-0.25, -0.2) is 0 Å². The molecule has 20 heavy (non-hydrogen) atoms. The van der Waals surface area contributed by atoms with E-state index in [2.05, 4.69) is 12.1 Å². The van der Waals surface area contributed by atoms with Crippen LogP contribution < -0.4 is 0 Å². The van der Waals surface area contributed by atoms with E-state index in [9.17, 15) is 13.5 Å². The molecule has 0 radical (unpaired) electrons. The fourth-order valence-electron chi connectivity index (χ4n) is 3.88. The van der Waals surface area contributed by atoms with Crippen LogP contribution in [0.4, 0.5) is 0 Å². The van der Waals surface area contributed by atoms with Gasteiger partial charge in [-0.05, 0) is 29.9 Å². The minimum atomic E-state index is -3.51. The molecule has 1 aromatic rings. The monoisotopic (exact) mass is 296 g/mol. The fourth-order valence-corrected chi connectivity index (χ4v) is 4.60. The van der Waals surface area contributed by atoms with Crippen LogP contribution in [0.1, 0.15) is 24.5 Å². The Bertz CT molecular complexity index is 625. The van der Waals surface area contributed by atoms with Crippen molar-refractivity contribution in [2.75, 3.05) is 6.26 Å². The molecule has 5 heteroatoms. The summed E-state index contributed by atoms with van der Waals surface area (Å²) in [5.41, 5.74) is 2.17. The van der Waals surface area contributed by atoms with Crippen LogP contribution in [0.3, 0.4) is 0 Å². The van der Waals surface area contributed by atoms with E-state index < -0.39 is 22.3 Å². The highest BCUT2D eigenvalue weighted by atomic mass is 32.2. The molecule has 0 heterocycles. The molecule has 1 saturated carbocycles. The molecule has 0 spiro atoms. The van der Waals surface area contributed by atoms with Crippen LogP contribution in [-0.4, -0.2) is 32.0 Å². The molecule has 0 bridgehead atoms. The molecule has 1 aromatic carbocycles. The third-order valence-corrected chi connectivity index (χ3v) is 5.51. The lowest BCUT2D eigenvalue weighted by molar-refractivity contribution is 0.0422. The highest BCUT2D eigenvalue weighted by Gasteiger charge is 2.55. The predicted octanol–water partition coefficient (Wildman–Crippen LogP) is 1.52. The summed E-state index contributed by atoms with van der Waals surface area (Å²) in [6.07, 6.45) is 2.07. The molecule has 0 amide bonds. The number of hydrogen-bond acceptors (Lipinski definition) is 4. The van der Waals surface area contributed by atoms with Crippen LogP contribution in [0, 0.1) is 11.3 Å².